The highest BCUT2D eigenvalue weighted by molar-refractivity contribution is 5.78. The number of carbonyl (C=O) groups excluding carboxylic acids is 2. The van der Waals surface area contributed by atoms with Gasteiger partial charge in [-0.25, -0.2) is 0 Å². The Morgan fingerprint density at radius 3 is 2.20 bits per heavy atom. The van der Waals surface area contributed by atoms with Gasteiger partial charge >= 0.3 is 5.97 Å². The van der Waals surface area contributed by atoms with E-state index in [1.165, 1.54) is 0 Å². The molecule has 0 radical (unpaired) electrons. The molecule has 20 heavy (non-hydrogen) atoms. The van der Waals surface area contributed by atoms with Gasteiger partial charge in [-0.3, -0.25) is 9.59 Å². The summed E-state index contributed by atoms with van der Waals surface area (Å²) in [6.07, 6.45) is -0.342. The zero-order valence-corrected chi connectivity index (χ0v) is 12.6. The van der Waals surface area contributed by atoms with E-state index in [-0.39, 0.29) is 11.4 Å². The van der Waals surface area contributed by atoms with Crippen molar-refractivity contribution < 1.29 is 14.3 Å². The molecule has 0 aliphatic heterocycles. The van der Waals surface area contributed by atoms with Crippen LogP contribution in [-0.2, 0) is 14.3 Å². The third kappa shape index (κ3) is 5.03. The molecule has 110 valence electrons. The van der Waals surface area contributed by atoms with Crippen LogP contribution in [0.3, 0.4) is 0 Å². The highest BCUT2D eigenvalue weighted by Gasteiger charge is 2.28. The van der Waals surface area contributed by atoms with Crippen LogP contribution in [-0.4, -0.2) is 11.9 Å². The van der Waals surface area contributed by atoms with E-state index in [9.17, 15) is 9.59 Å². The van der Waals surface area contributed by atoms with Crippen LogP contribution in [0, 0.1) is 11.3 Å². The summed E-state index contributed by atoms with van der Waals surface area (Å²) in [5.74, 6) is -1.37. The Labute approximate surface area is 120 Å². The Morgan fingerprint density at radius 1 is 1.20 bits per heavy atom. The molecule has 1 rings (SSSR count). The van der Waals surface area contributed by atoms with Crippen LogP contribution in [0.4, 0.5) is 0 Å². The van der Waals surface area contributed by atoms with Crippen molar-refractivity contribution in [2.75, 3.05) is 0 Å². The molecule has 2 unspecified atom stereocenters. The number of esters is 1. The van der Waals surface area contributed by atoms with Crippen molar-refractivity contribution in [2.45, 2.75) is 40.2 Å². The number of primary amides is 1. The number of carbonyl (C=O) groups is 2. The van der Waals surface area contributed by atoms with Gasteiger partial charge in [-0.05, 0) is 17.9 Å². The lowest BCUT2D eigenvalue weighted by molar-refractivity contribution is -0.155. The Hall–Kier alpha value is -1.84. The molecule has 1 amide bonds. The van der Waals surface area contributed by atoms with Crippen LogP contribution in [0.5, 0.6) is 0 Å². The van der Waals surface area contributed by atoms with Gasteiger partial charge in [0.25, 0.3) is 0 Å². The first-order valence-corrected chi connectivity index (χ1v) is 6.74. The van der Waals surface area contributed by atoms with Crippen molar-refractivity contribution in [2.24, 2.45) is 17.1 Å². The molecule has 0 saturated carbocycles. The molecule has 0 spiro atoms. The predicted octanol–water partition coefficient (Wildman–Crippen LogP) is 2.83. The molecule has 4 nitrogen and oxygen atoms in total. The van der Waals surface area contributed by atoms with Gasteiger partial charge in [0.15, 0.2) is 0 Å². The maximum Gasteiger partial charge on any atom is 0.306 e. The quantitative estimate of drug-likeness (QED) is 0.841. The summed E-state index contributed by atoms with van der Waals surface area (Å²) in [6.45, 7) is 7.56. The third-order valence-electron chi connectivity index (χ3n) is 2.96. The normalized spacial score (nSPS) is 14.4. The van der Waals surface area contributed by atoms with E-state index in [1.807, 2.05) is 51.1 Å². The maximum atomic E-state index is 12.0. The Kier molecular flexibility index (Phi) is 5.31. The van der Waals surface area contributed by atoms with Crippen molar-refractivity contribution in [1.29, 1.82) is 0 Å². The average molecular weight is 277 g/mol. The zero-order chi connectivity index (χ0) is 15.3. The second-order valence-corrected chi connectivity index (χ2v) is 6.25. The van der Waals surface area contributed by atoms with Crippen LogP contribution >= 0.6 is 0 Å². The number of amides is 1. The molecule has 1 aromatic rings. The van der Waals surface area contributed by atoms with E-state index in [4.69, 9.17) is 10.5 Å². The molecular formula is C16H23NO3. The van der Waals surface area contributed by atoms with Gasteiger partial charge in [-0.15, -0.1) is 0 Å². The Morgan fingerprint density at radius 2 is 1.75 bits per heavy atom. The van der Waals surface area contributed by atoms with Crippen molar-refractivity contribution in [1.82, 2.24) is 0 Å². The van der Waals surface area contributed by atoms with Crippen LogP contribution in [0.2, 0.25) is 0 Å². The molecule has 4 heteroatoms. The lowest BCUT2D eigenvalue weighted by Gasteiger charge is -2.25. The van der Waals surface area contributed by atoms with Gasteiger partial charge in [0.2, 0.25) is 5.91 Å². The molecular weight excluding hydrogens is 254 g/mol. The molecule has 2 N–H and O–H groups in total. The summed E-state index contributed by atoms with van der Waals surface area (Å²) in [5.41, 5.74) is 5.97. The predicted molar refractivity (Wildman–Crippen MR) is 77.7 cm³/mol. The topological polar surface area (TPSA) is 69.4 Å². The number of rotatable bonds is 5. The molecule has 0 aliphatic rings. The van der Waals surface area contributed by atoms with Gasteiger partial charge in [0.05, 0.1) is 12.3 Å². The van der Waals surface area contributed by atoms with Crippen LogP contribution in [0.15, 0.2) is 30.3 Å². The maximum absolute atomic E-state index is 12.0. The number of hydrogen-bond acceptors (Lipinski definition) is 3. The second-order valence-electron chi connectivity index (χ2n) is 6.25. The summed E-state index contributed by atoms with van der Waals surface area (Å²) in [6, 6.07) is 9.21. The number of nitrogens with two attached hydrogens (primary N) is 1. The monoisotopic (exact) mass is 277 g/mol. The largest absolute Gasteiger partial charge is 0.457 e. The number of hydrogen-bond donors (Lipinski definition) is 1. The summed E-state index contributed by atoms with van der Waals surface area (Å²) >= 11 is 0. The van der Waals surface area contributed by atoms with Crippen LogP contribution in [0.1, 0.15) is 45.8 Å². The summed E-state index contributed by atoms with van der Waals surface area (Å²) in [5, 5.41) is 0. The van der Waals surface area contributed by atoms with Gasteiger partial charge < -0.3 is 10.5 Å². The minimum absolute atomic E-state index is 0.158. The van der Waals surface area contributed by atoms with Crippen molar-refractivity contribution >= 4 is 11.9 Å². The minimum atomic E-state index is -0.636. The standard InChI is InChI=1S/C16H23NO3/c1-11(15(17)19)14(12-8-6-5-7-9-12)20-13(18)10-16(2,3)4/h5-9,11,14H,10H2,1-4H3,(H2,17,19). The first kappa shape index (κ1) is 16.2. The third-order valence-corrected chi connectivity index (χ3v) is 2.96. The minimum Gasteiger partial charge on any atom is -0.457 e. The molecule has 0 bridgehead atoms. The molecule has 0 saturated heterocycles. The highest BCUT2D eigenvalue weighted by atomic mass is 16.5. The molecule has 1 aromatic carbocycles. The first-order valence-electron chi connectivity index (χ1n) is 6.74. The molecule has 0 aliphatic carbocycles. The Balaban J connectivity index is 2.90. The van der Waals surface area contributed by atoms with E-state index in [2.05, 4.69) is 0 Å². The average Bonchev–Trinajstić information content (AvgIpc) is 2.34. The van der Waals surface area contributed by atoms with E-state index in [0.29, 0.717) is 6.42 Å². The number of benzene rings is 1. The highest BCUT2D eigenvalue weighted by Crippen LogP contribution is 2.28. The van der Waals surface area contributed by atoms with E-state index in [0.717, 1.165) is 5.56 Å². The van der Waals surface area contributed by atoms with Gasteiger partial charge in [-0.2, -0.15) is 0 Å². The fourth-order valence-corrected chi connectivity index (χ4v) is 1.87. The summed E-state index contributed by atoms with van der Waals surface area (Å²) in [4.78, 5) is 23.4. The van der Waals surface area contributed by atoms with Crippen LogP contribution < -0.4 is 5.73 Å². The summed E-state index contributed by atoms with van der Waals surface area (Å²) in [7, 11) is 0. The van der Waals surface area contributed by atoms with Crippen molar-refractivity contribution in [3.63, 3.8) is 0 Å². The lowest BCUT2D eigenvalue weighted by Crippen LogP contribution is -2.30. The fraction of sp³-hybridized carbons (Fsp3) is 0.500. The molecule has 0 aromatic heterocycles. The van der Waals surface area contributed by atoms with E-state index >= 15 is 0 Å². The number of ether oxygens (including phenoxy) is 1. The fourth-order valence-electron chi connectivity index (χ4n) is 1.87. The van der Waals surface area contributed by atoms with Gasteiger partial charge in [0, 0.05) is 0 Å². The molecule has 0 fully saturated rings. The van der Waals surface area contributed by atoms with Crippen molar-refractivity contribution in [3.8, 4) is 0 Å². The molecule has 2 atom stereocenters. The smallest absolute Gasteiger partial charge is 0.306 e. The van der Waals surface area contributed by atoms with Gasteiger partial charge in [0.1, 0.15) is 6.10 Å². The summed E-state index contributed by atoms with van der Waals surface area (Å²) < 4.78 is 5.50. The zero-order valence-electron chi connectivity index (χ0n) is 12.6. The Bertz CT molecular complexity index is 462. The molecule has 0 heterocycles. The lowest BCUT2D eigenvalue weighted by atomic mass is 9.92. The van der Waals surface area contributed by atoms with Crippen LogP contribution in [0.25, 0.3) is 0 Å². The second kappa shape index (κ2) is 6.55. The first-order chi connectivity index (χ1) is 9.20. The van der Waals surface area contributed by atoms with E-state index < -0.39 is 17.9 Å². The van der Waals surface area contributed by atoms with E-state index in [1.54, 1.807) is 6.92 Å². The van der Waals surface area contributed by atoms with Crippen molar-refractivity contribution in [3.05, 3.63) is 35.9 Å². The van der Waals surface area contributed by atoms with Gasteiger partial charge in [-0.1, -0.05) is 51.1 Å². The SMILES string of the molecule is CC(C(N)=O)C(OC(=O)CC(C)(C)C)c1ccccc1.